The Morgan fingerprint density at radius 3 is 2.70 bits per heavy atom. The molecule has 0 aliphatic carbocycles. The van der Waals surface area contributed by atoms with Crippen molar-refractivity contribution < 1.29 is 4.79 Å². The Morgan fingerprint density at radius 2 is 1.90 bits per heavy atom. The summed E-state index contributed by atoms with van der Waals surface area (Å²) < 4.78 is 3.17. The number of carbonyl (C=O) groups excluding carboxylic acids is 1. The molecule has 5 heterocycles. The number of hydrogen-bond donors (Lipinski definition) is 0. The van der Waals surface area contributed by atoms with Gasteiger partial charge < -0.3 is 9.47 Å². The van der Waals surface area contributed by atoms with Crippen molar-refractivity contribution in [1.29, 1.82) is 0 Å². The summed E-state index contributed by atoms with van der Waals surface area (Å²) in [5, 5.41) is 0. The van der Waals surface area contributed by atoms with Gasteiger partial charge in [0.2, 0.25) is 5.91 Å². The topological polar surface area (TPSA) is 90.1 Å². The first-order valence-electron chi connectivity index (χ1n) is 10.0. The van der Waals surface area contributed by atoms with E-state index in [2.05, 4.69) is 9.97 Å². The molecule has 3 aromatic heterocycles. The molecule has 2 bridgehead atoms. The first kappa shape index (κ1) is 18.5. The van der Waals surface area contributed by atoms with Crippen molar-refractivity contribution in [3.05, 3.63) is 81.5 Å². The van der Waals surface area contributed by atoms with Crippen LogP contribution in [-0.2, 0) is 17.9 Å². The summed E-state index contributed by atoms with van der Waals surface area (Å²) in [7, 11) is 0. The molecule has 2 atom stereocenters. The van der Waals surface area contributed by atoms with Crippen LogP contribution < -0.4 is 11.2 Å². The van der Waals surface area contributed by atoms with Gasteiger partial charge in [-0.15, -0.1) is 0 Å². The van der Waals surface area contributed by atoms with E-state index in [0.29, 0.717) is 19.6 Å². The molecule has 3 aromatic rings. The number of pyridine rings is 2. The predicted octanol–water partition coefficient (Wildman–Crippen LogP) is 1.11. The van der Waals surface area contributed by atoms with Crippen LogP contribution in [0.3, 0.4) is 0 Å². The van der Waals surface area contributed by atoms with Gasteiger partial charge in [-0.3, -0.25) is 19.1 Å². The first-order valence-corrected chi connectivity index (χ1v) is 10.0. The molecule has 0 spiro atoms. The second-order valence-corrected chi connectivity index (χ2v) is 7.96. The maximum Gasteiger partial charge on any atom is 0.347 e. The lowest BCUT2D eigenvalue weighted by Crippen LogP contribution is -2.50. The van der Waals surface area contributed by atoms with Crippen LogP contribution >= 0.6 is 0 Å². The van der Waals surface area contributed by atoms with Crippen molar-refractivity contribution in [3.8, 4) is 11.3 Å². The quantitative estimate of drug-likeness (QED) is 0.654. The molecule has 8 nitrogen and oxygen atoms in total. The van der Waals surface area contributed by atoms with Crippen molar-refractivity contribution in [1.82, 2.24) is 24.0 Å². The monoisotopic (exact) mass is 403 g/mol. The van der Waals surface area contributed by atoms with E-state index in [-0.39, 0.29) is 29.8 Å². The third-order valence-electron chi connectivity index (χ3n) is 5.96. The second kappa shape index (κ2) is 7.37. The molecule has 5 rings (SSSR count). The normalized spacial score (nSPS) is 19.9. The Balaban J connectivity index is 1.43. The van der Waals surface area contributed by atoms with Crippen molar-refractivity contribution in [2.24, 2.45) is 5.92 Å². The van der Waals surface area contributed by atoms with Crippen molar-refractivity contribution in [3.63, 3.8) is 0 Å². The number of likely N-dealkylation sites (tertiary alicyclic amines) is 1. The first-order chi connectivity index (χ1) is 14.6. The zero-order valence-electron chi connectivity index (χ0n) is 16.3. The highest BCUT2D eigenvalue weighted by Gasteiger charge is 2.36. The molecule has 8 heteroatoms. The largest absolute Gasteiger partial charge is 0.347 e. The molecular weight excluding hydrogens is 382 g/mol. The van der Waals surface area contributed by atoms with Gasteiger partial charge in [-0.1, -0.05) is 6.07 Å². The average Bonchev–Trinajstić information content (AvgIpc) is 2.76. The van der Waals surface area contributed by atoms with E-state index in [9.17, 15) is 14.4 Å². The van der Waals surface area contributed by atoms with Crippen LogP contribution in [0.15, 0.2) is 64.6 Å². The summed E-state index contributed by atoms with van der Waals surface area (Å²) in [6.45, 7) is 1.71. The Morgan fingerprint density at radius 1 is 1.03 bits per heavy atom. The van der Waals surface area contributed by atoms with E-state index < -0.39 is 5.69 Å². The van der Waals surface area contributed by atoms with Crippen LogP contribution in [0.1, 0.15) is 18.0 Å². The van der Waals surface area contributed by atoms with E-state index in [4.69, 9.17) is 0 Å². The van der Waals surface area contributed by atoms with Gasteiger partial charge >= 0.3 is 5.69 Å². The fourth-order valence-corrected chi connectivity index (χ4v) is 4.60. The molecule has 1 amide bonds. The van der Waals surface area contributed by atoms with Gasteiger partial charge in [0.1, 0.15) is 6.54 Å². The maximum atomic E-state index is 12.9. The fourth-order valence-electron chi connectivity index (χ4n) is 4.60. The molecule has 1 fully saturated rings. The summed E-state index contributed by atoms with van der Waals surface area (Å²) in [5.41, 5.74) is 2.07. The number of nitrogens with zero attached hydrogens (tertiary/aromatic N) is 5. The van der Waals surface area contributed by atoms with Crippen LogP contribution in [0.4, 0.5) is 0 Å². The molecule has 0 saturated carbocycles. The van der Waals surface area contributed by atoms with Crippen LogP contribution in [0.5, 0.6) is 0 Å². The third kappa shape index (κ3) is 3.34. The number of aromatic nitrogens is 4. The molecule has 30 heavy (non-hydrogen) atoms. The SMILES string of the molecule is O=C(Cn1cccnc1=O)N1C[C@@H]2C[C@H](C1)c1cc(-c3ccccn3)cc(=O)n1C2. The number of rotatable bonds is 3. The molecule has 0 N–H and O–H groups in total. The zero-order valence-corrected chi connectivity index (χ0v) is 16.3. The number of hydrogen-bond acceptors (Lipinski definition) is 5. The van der Waals surface area contributed by atoms with Crippen LogP contribution in [0.2, 0.25) is 0 Å². The highest BCUT2D eigenvalue weighted by molar-refractivity contribution is 5.76. The van der Waals surface area contributed by atoms with Crippen molar-refractivity contribution in [2.75, 3.05) is 13.1 Å². The summed E-state index contributed by atoms with van der Waals surface area (Å²) in [4.78, 5) is 47.4. The van der Waals surface area contributed by atoms with Gasteiger partial charge in [0.25, 0.3) is 5.56 Å². The van der Waals surface area contributed by atoms with E-state index in [0.717, 1.165) is 23.4 Å². The maximum absolute atomic E-state index is 12.9. The van der Waals surface area contributed by atoms with Gasteiger partial charge in [-0.2, -0.15) is 0 Å². The Hall–Kier alpha value is -3.55. The van der Waals surface area contributed by atoms with E-state index >= 15 is 0 Å². The van der Waals surface area contributed by atoms with Crippen LogP contribution in [0, 0.1) is 5.92 Å². The predicted molar refractivity (Wildman–Crippen MR) is 110 cm³/mol. The molecule has 0 aromatic carbocycles. The lowest BCUT2D eigenvalue weighted by atomic mass is 9.82. The summed E-state index contributed by atoms with van der Waals surface area (Å²) in [6, 6.07) is 10.9. The fraction of sp³-hybridized carbons (Fsp3) is 0.318. The third-order valence-corrected chi connectivity index (χ3v) is 5.96. The van der Waals surface area contributed by atoms with Gasteiger partial charge in [-0.25, -0.2) is 9.78 Å². The lowest BCUT2D eigenvalue weighted by Gasteiger charge is -2.43. The highest BCUT2D eigenvalue weighted by Crippen LogP contribution is 2.36. The minimum atomic E-state index is -0.431. The van der Waals surface area contributed by atoms with Gasteiger partial charge in [-0.05, 0) is 36.6 Å². The molecule has 2 aliphatic heterocycles. The summed E-state index contributed by atoms with van der Waals surface area (Å²) in [5.74, 6) is 0.212. The molecule has 1 saturated heterocycles. The minimum absolute atomic E-state index is 0.0209. The van der Waals surface area contributed by atoms with E-state index in [1.54, 1.807) is 24.5 Å². The standard InChI is InChI=1S/C22H21N5O3/c28-20-10-16(18-4-1-2-5-23-18)9-19-17-8-15(12-27(19)20)11-26(13-17)21(29)14-25-7-3-6-24-22(25)30/h1-7,9-10,15,17H,8,11-14H2/t15-,17+/m0/s1. The van der Waals surface area contributed by atoms with Crippen LogP contribution in [-0.4, -0.2) is 43.0 Å². The number of carbonyl (C=O) groups is 1. The summed E-state index contributed by atoms with van der Waals surface area (Å²) >= 11 is 0. The smallest absolute Gasteiger partial charge is 0.340 e. The average molecular weight is 403 g/mol. The minimum Gasteiger partial charge on any atom is -0.340 e. The molecular formula is C22H21N5O3. The van der Waals surface area contributed by atoms with Crippen LogP contribution in [0.25, 0.3) is 11.3 Å². The number of piperidine rings is 1. The Kier molecular flexibility index (Phi) is 4.54. The highest BCUT2D eigenvalue weighted by atomic mass is 16.2. The summed E-state index contributed by atoms with van der Waals surface area (Å²) in [6.07, 6.45) is 5.65. The van der Waals surface area contributed by atoms with Crippen molar-refractivity contribution >= 4 is 5.91 Å². The molecule has 2 aliphatic rings. The van der Waals surface area contributed by atoms with E-state index in [1.165, 1.54) is 10.8 Å². The van der Waals surface area contributed by atoms with Crippen molar-refractivity contribution in [2.45, 2.75) is 25.4 Å². The van der Waals surface area contributed by atoms with E-state index in [1.807, 2.05) is 33.7 Å². The molecule has 0 unspecified atom stereocenters. The number of fused-ring (bicyclic) bond motifs is 4. The van der Waals surface area contributed by atoms with Gasteiger partial charge in [0.05, 0.1) is 5.69 Å². The lowest BCUT2D eigenvalue weighted by molar-refractivity contribution is -0.134. The second-order valence-electron chi connectivity index (χ2n) is 7.96. The number of amides is 1. The molecule has 0 radical (unpaired) electrons. The van der Waals surface area contributed by atoms with Gasteiger partial charge in [0.15, 0.2) is 0 Å². The Labute approximate surface area is 172 Å². The Bertz CT molecular complexity index is 1220. The molecule has 152 valence electrons. The van der Waals surface area contributed by atoms with Gasteiger partial charge in [0, 0.05) is 61.5 Å². The zero-order chi connectivity index (χ0) is 20.7.